The minimum absolute atomic E-state index is 0.356. The summed E-state index contributed by atoms with van der Waals surface area (Å²) in [6.45, 7) is 4.01. The van der Waals surface area contributed by atoms with Gasteiger partial charge in [-0.3, -0.25) is 0 Å². The van der Waals surface area contributed by atoms with Crippen molar-refractivity contribution in [2.75, 3.05) is 0 Å². The number of aryl methyl sites for hydroxylation is 2. The van der Waals surface area contributed by atoms with Crippen LogP contribution in [0.3, 0.4) is 0 Å². The number of esters is 1. The smallest absolute Gasteiger partial charge is 0.344 e. The highest BCUT2D eigenvalue weighted by molar-refractivity contribution is 9.10. The zero-order valence-electron chi connectivity index (χ0n) is 10.2. The normalized spacial score (nSPS) is 10.2. The van der Waals surface area contributed by atoms with Crippen LogP contribution in [0.4, 0.5) is 0 Å². The number of hydrogen-bond donors (Lipinski definition) is 0. The van der Waals surface area contributed by atoms with Gasteiger partial charge in [0.25, 0.3) is 0 Å². The molecular formula is C15H13BrO2. The fourth-order valence-electron chi connectivity index (χ4n) is 1.57. The maximum atomic E-state index is 12.0. The largest absolute Gasteiger partial charge is 0.423 e. The third kappa shape index (κ3) is 2.79. The first-order valence-electron chi connectivity index (χ1n) is 5.62. The Morgan fingerprint density at radius 1 is 1.06 bits per heavy atom. The molecule has 92 valence electrons. The van der Waals surface area contributed by atoms with E-state index in [1.165, 1.54) is 5.56 Å². The predicted octanol–water partition coefficient (Wildman–Crippen LogP) is 4.29. The lowest BCUT2D eigenvalue weighted by Gasteiger charge is -2.07. The summed E-state index contributed by atoms with van der Waals surface area (Å²) in [4.78, 5) is 12.0. The number of hydrogen-bond acceptors (Lipinski definition) is 2. The molecule has 3 heteroatoms. The maximum absolute atomic E-state index is 12.0. The van der Waals surface area contributed by atoms with E-state index < -0.39 is 0 Å². The second-order valence-corrected chi connectivity index (χ2v) is 4.97. The summed E-state index contributed by atoms with van der Waals surface area (Å²) in [5, 5.41) is 0. The molecular weight excluding hydrogens is 292 g/mol. The van der Waals surface area contributed by atoms with E-state index in [1.807, 2.05) is 44.2 Å². The molecule has 0 spiro atoms. The Morgan fingerprint density at radius 3 is 2.44 bits per heavy atom. The molecule has 0 saturated heterocycles. The average molecular weight is 305 g/mol. The molecule has 0 atom stereocenters. The van der Waals surface area contributed by atoms with Crippen molar-refractivity contribution in [3.63, 3.8) is 0 Å². The van der Waals surface area contributed by atoms with Crippen LogP contribution in [0.5, 0.6) is 5.75 Å². The molecule has 0 unspecified atom stereocenters. The number of carbonyl (C=O) groups is 1. The Bertz CT molecular complexity index is 591. The van der Waals surface area contributed by atoms with Gasteiger partial charge in [-0.05, 0) is 65.2 Å². The van der Waals surface area contributed by atoms with Gasteiger partial charge in [-0.1, -0.05) is 18.2 Å². The first-order valence-corrected chi connectivity index (χ1v) is 6.41. The van der Waals surface area contributed by atoms with Crippen LogP contribution in [0.25, 0.3) is 0 Å². The highest BCUT2D eigenvalue weighted by Gasteiger charge is 2.11. The Hall–Kier alpha value is -1.61. The van der Waals surface area contributed by atoms with Gasteiger partial charge in [0.1, 0.15) is 5.75 Å². The van der Waals surface area contributed by atoms with E-state index in [0.29, 0.717) is 11.3 Å². The van der Waals surface area contributed by atoms with Crippen molar-refractivity contribution >= 4 is 21.9 Å². The van der Waals surface area contributed by atoms with Gasteiger partial charge in [0.15, 0.2) is 0 Å². The molecule has 0 fully saturated rings. The van der Waals surface area contributed by atoms with Crippen molar-refractivity contribution in [2.24, 2.45) is 0 Å². The first-order chi connectivity index (χ1) is 8.58. The van der Waals surface area contributed by atoms with E-state index in [1.54, 1.807) is 12.1 Å². The molecule has 2 rings (SSSR count). The van der Waals surface area contributed by atoms with Gasteiger partial charge in [0.2, 0.25) is 0 Å². The van der Waals surface area contributed by atoms with Gasteiger partial charge in [-0.15, -0.1) is 0 Å². The molecule has 0 aliphatic rings. The second-order valence-electron chi connectivity index (χ2n) is 4.12. The van der Waals surface area contributed by atoms with Gasteiger partial charge in [0, 0.05) is 4.47 Å². The van der Waals surface area contributed by atoms with Crippen LogP contribution in [0.2, 0.25) is 0 Å². The number of benzene rings is 2. The van der Waals surface area contributed by atoms with Crippen LogP contribution in [0.1, 0.15) is 21.5 Å². The highest BCUT2D eigenvalue weighted by atomic mass is 79.9. The summed E-state index contributed by atoms with van der Waals surface area (Å²) >= 11 is 3.34. The molecule has 2 aromatic rings. The van der Waals surface area contributed by atoms with Crippen LogP contribution in [0, 0.1) is 13.8 Å². The van der Waals surface area contributed by atoms with E-state index in [0.717, 1.165) is 10.0 Å². The van der Waals surface area contributed by atoms with E-state index >= 15 is 0 Å². The molecule has 0 bridgehead atoms. The zero-order chi connectivity index (χ0) is 13.1. The maximum Gasteiger partial charge on any atom is 0.344 e. The molecule has 0 N–H and O–H groups in total. The molecule has 0 aromatic heterocycles. The Morgan fingerprint density at radius 2 is 1.78 bits per heavy atom. The van der Waals surface area contributed by atoms with Crippen molar-refractivity contribution in [1.29, 1.82) is 0 Å². The SMILES string of the molecule is Cc1ccc(OC(=O)c2ccccc2Br)cc1C. The summed E-state index contributed by atoms with van der Waals surface area (Å²) < 4.78 is 6.08. The van der Waals surface area contributed by atoms with Crippen molar-refractivity contribution in [1.82, 2.24) is 0 Å². The lowest BCUT2D eigenvalue weighted by atomic mass is 10.1. The van der Waals surface area contributed by atoms with Gasteiger partial charge < -0.3 is 4.74 Å². The minimum Gasteiger partial charge on any atom is -0.423 e. The molecule has 0 radical (unpaired) electrons. The van der Waals surface area contributed by atoms with Crippen molar-refractivity contribution in [3.8, 4) is 5.75 Å². The monoisotopic (exact) mass is 304 g/mol. The summed E-state index contributed by atoms with van der Waals surface area (Å²) in [5.41, 5.74) is 2.80. The molecule has 18 heavy (non-hydrogen) atoms. The lowest BCUT2D eigenvalue weighted by Crippen LogP contribution is -2.09. The van der Waals surface area contributed by atoms with Crippen LogP contribution in [-0.4, -0.2) is 5.97 Å². The summed E-state index contributed by atoms with van der Waals surface area (Å²) in [7, 11) is 0. The number of carbonyl (C=O) groups excluding carboxylic acids is 1. The highest BCUT2D eigenvalue weighted by Crippen LogP contribution is 2.21. The average Bonchev–Trinajstić information content (AvgIpc) is 2.34. The Labute approximate surface area is 115 Å². The van der Waals surface area contributed by atoms with Crippen molar-refractivity contribution in [2.45, 2.75) is 13.8 Å². The topological polar surface area (TPSA) is 26.3 Å². The molecule has 0 aliphatic heterocycles. The van der Waals surface area contributed by atoms with Crippen molar-refractivity contribution < 1.29 is 9.53 Å². The molecule has 2 aromatic carbocycles. The van der Waals surface area contributed by atoms with Gasteiger partial charge in [0.05, 0.1) is 5.56 Å². The summed E-state index contributed by atoms with van der Waals surface area (Å²) in [6.07, 6.45) is 0. The quantitative estimate of drug-likeness (QED) is 0.611. The molecule has 0 aliphatic carbocycles. The van der Waals surface area contributed by atoms with E-state index in [-0.39, 0.29) is 5.97 Å². The third-order valence-electron chi connectivity index (χ3n) is 2.78. The van der Waals surface area contributed by atoms with E-state index in [9.17, 15) is 4.79 Å². The van der Waals surface area contributed by atoms with Crippen LogP contribution < -0.4 is 4.74 Å². The summed E-state index contributed by atoms with van der Waals surface area (Å²) in [6, 6.07) is 12.8. The molecule has 0 heterocycles. The van der Waals surface area contributed by atoms with E-state index in [2.05, 4.69) is 15.9 Å². The van der Waals surface area contributed by atoms with Crippen LogP contribution in [-0.2, 0) is 0 Å². The Balaban J connectivity index is 2.22. The van der Waals surface area contributed by atoms with Crippen molar-refractivity contribution in [3.05, 3.63) is 63.6 Å². The van der Waals surface area contributed by atoms with Crippen LogP contribution >= 0.6 is 15.9 Å². The second kappa shape index (κ2) is 5.36. The number of ether oxygens (including phenoxy) is 1. The predicted molar refractivity (Wildman–Crippen MR) is 75.0 cm³/mol. The lowest BCUT2D eigenvalue weighted by molar-refractivity contribution is 0.0733. The molecule has 2 nitrogen and oxygen atoms in total. The van der Waals surface area contributed by atoms with Gasteiger partial charge >= 0.3 is 5.97 Å². The van der Waals surface area contributed by atoms with Gasteiger partial charge in [-0.2, -0.15) is 0 Å². The van der Waals surface area contributed by atoms with Gasteiger partial charge in [-0.25, -0.2) is 4.79 Å². The number of halogens is 1. The van der Waals surface area contributed by atoms with E-state index in [4.69, 9.17) is 4.74 Å². The first kappa shape index (κ1) is 12.8. The third-order valence-corrected chi connectivity index (χ3v) is 3.47. The zero-order valence-corrected chi connectivity index (χ0v) is 11.8. The summed E-state index contributed by atoms with van der Waals surface area (Å²) in [5.74, 6) is 0.213. The number of rotatable bonds is 2. The fraction of sp³-hybridized carbons (Fsp3) is 0.133. The Kier molecular flexibility index (Phi) is 3.82. The van der Waals surface area contributed by atoms with Crippen LogP contribution in [0.15, 0.2) is 46.9 Å². The molecule has 0 amide bonds. The fourth-order valence-corrected chi connectivity index (χ4v) is 2.01. The minimum atomic E-state index is -0.356. The molecule has 0 saturated carbocycles. The standard InChI is InChI=1S/C15H13BrO2/c1-10-7-8-12(9-11(10)2)18-15(17)13-5-3-4-6-14(13)16/h3-9H,1-2H3.